The van der Waals surface area contributed by atoms with E-state index in [0.717, 1.165) is 11.1 Å². The van der Waals surface area contributed by atoms with Crippen molar-refractivity contribution in [2.24, 2.45) is 10.8 Å². The molecule has 0 saturated heterocycles. The maximum absolute atomic E-state index is 12.9. The molecule has 0 spiro atoms. The Morgan fingerprint density at radius 2 is 1.18 bits per heavy atom. The van der Waals surface area contributed by atoms with Crippen LogP contribution in [-0.2, 0) is 30.3 Å². The van der Waals surface area contributed by atoms with Gasteiger partial charge in [-0.1, -0.05) is 88.4 Å². The molecule has 0 aliphatic heterocycles. The van der Waals surface area contributed by atoms with Crippen LogP contribution in [-0.4, -0.2) is 28.6 Å². The molecule has 1 atom stereocenters. The quantitative estimate of drug-likeness (QED) is 0.227. The first kappa shape index (κ1) is 30.9. The van der Waals surface area contributed by atoms with Crippen molar-refractivity contribution >= 4 is 23.5 Å². The second kappa shape index (κ2) is 14.6. The summed E-state index contributed by atoms with van der Waals surface area (Å²) >= 11 is 0. The predicted molar refractivity (Wildman–Crippen MR) is 148 cm³/mol. The second-order valence-electron chi connectivity index (χ2n) is 11.7. The maximum atomic E-state index is 12.9. The van der Waals surface area contributed by atoms with Crippen LogP contribution >= 0.6 is 0 Å². The van der Waals surface area contributed by atoms with E-state index in [0.29, 0.717) is 25.7 Å². The molecule has 6 heteroatoms. The molecule has 206 valence electrons. The zero-order valence-corrected chi connectivity index (χ0v) is 23.2. The number of esters is 1. The van der Waals surface area contributed by atoms with Gasteiger partial charge in [0.2, 0.25) is 0 Å². The summed E-state index contributed by atoms with van der Waals surface area (Å²) < 4.78 is 5.94. The first-order valence-electron chi connectivity index (χ1n) is 13.4. The minimum Gasteiger partial charge on any atom is -0.481 e. The van der Waals surface area contributed by atoms with Crippen molar-refractivity contribution in [1.29, 1.82) is 0 Å². The lowest BCUT2D eigenvalue weighted by Crippen LogP contribution is -2.22. The van der Waals surface area contributed by atoms with Crippen molar-refractivity contribution in [1.82, 2.24) is 0 Å². The molecular formula is C32H42O6. The van der Waals surface area contributed by atoms with Crippen molar-refractivity contribution in [3.63, 3.8) is 0 Å². The SMILES string of the molecule is CC(C)(CCC(=O)CCC(=O)CCC(C)(C)CC(=O)OC(Cc1ccccc1)c1ccccc1)CC(=O)O. The van der Waals surface area contributed by atoms with Crippen molar-refractivity contribution in [2.45, 2.75) is 91.6 Å². The summed E-state index contributed by atoms with van der Waals surface area (Å²) in [6.45, 7) is 7.56. The molecule has 0 fully saturated rings. The molecule has 0 aromatic heterocycles. The molecule has 1 N–H and O–H groups in total. The van der Waals surface area contributed by atoms with Gasteiger partial charge in [-0.3, -0.25) is 19.2 Å². The van der Waals surface area contributed by atoms with Gasteiger partial charge in [0.25, 0.3) is 0 Å². The molecule has 0 bridgehead atoms. The number of hydrogen-bond donors (Lipinski definition) is 1. The van der Waals surface area contributed by atoms with Crippen LogP contribution in [0.2, 0.25) is 0 Å². The number of ketones is 2. The zero-order valence-electron chi connectivity index (χ0n) is 23.2. The lowest BCUT2D eigenvalue weighted by molar-refractivity contribution is -0.152. The van der Waals surface area contributed by atoms with E-state index in [1.54, 1.807) is 0 Å². The molecule has 2 aromatic rings. The van der Waals surface area contributed by atoms with Crippen LogP contribution in [0.15, 0.2) is 60.7 Å². The van der Waals surface area contributed by atoms with Crippen molar-refractivity contribution in [3.05, 3.63) is 71.8 Å². The summed E-state index contributed by atoms with van der Waals surface area (Å²) in [6.07, 6.45) is 2.30. The van der Waals surface area contributed by atoms with Gasteiger partial charge >= 0.3 is 11.9 Å². The molecule has 38 heavy (non-hydrogen) atoms. The Morgan fingerprint density at radius 3 is 1.68 bits per heavy atom. The lowest BCUT2D eigenvalue weighted by atomic mass is 9.82. The van der Waals surface area contributed by atoms with Crippen LogP contribution in [0.4, 0.5) is 0 Å². The number of carbonyl (C=O) groups excluding carboxylic acids is 3. The Kier molecular flexibility index (Phi) is 11.9. The topological polar surface area (TPSA) is 97.7 Å². The van der Waals surface area contributed by atoms with Gasteiger partial charge in [-0.25, -0.2) is 0 Å². The van der Waals surface area contributed by atoms with Gasteiger partial charge in [-0.15, -0.1) is 0 Å². The number of Topliss-reactive ketones (excluding diaryl/α,β-unsaturated/α-hetero) is 2. The third-order valence-corrected chi connectivity index (χ3v) is 6.81. The summed E-state index contributed by atoms with van der Waals surface area (Å²) in [5.74, 6) is -1.21. The van der Waals surface area contributed by atoms with Gasteiger partial charge in [0.05, 0.1) is 12.8 Å². The molecule has 6 nitrogen and oxygen atoms in total. The number of carboxylic acid groups (broad SMARTS) is 1. The second-order valence-corrected chi connectivity index (χ2v) is 11.7. The summed E-state index contributed by atoms with van der Waals surface area (Å²) in [4.78, 5) is 48.5. The van der Waals surface area contributed by atoms with E-state index in [4.69, 9.17) is 9.84 Å². The van der Waals surface area contributed by atoms with Crippen LogP contribution in [0, 0.1) is 10.8 Å². The highest BCUT2D eigenvalue weighted by Crippen LogP contribution is 2.31. The first-order valence-corrected chi connectivity index (χ1v) is 13.4. The Labute approximate surface area is 226 Å². The fourth-order valence-corrected chi connectivity index (χ4v) is 4.39. The maximum Gasteiger partial charge on any atom is 0.306 e. The smallest absolute Gasteiger partial charge is 0.306 e. The van der Waals surface area contributed by atoms with Crippen LogP contribution < -0.4 is 0 Å². The monoisotopic (exact) mass is 522 g/mol. The van der Waals surface area contributed by atoms with Crippen LogP contribution in [0.25, 0.3) is 0 Å². The van der Waals surface area contributed by atoms with Gasteiger partial charge in [0.1, 0.15) is 17.7 Å². The number of ether oxygens (including phenoxy) is 1. The number of carbonyl (C=O) groups is 4. The minimum absolute atomic E-state index is 0.00386. The molecule has 0 aliphatic carbocycles. The molecule has 0 aliphatic rings. The summed E-state index contributed by atoms with van der Waals surface area (Å²) in [6, 6.07) is 19.6. The molecule has 0 saturated carbocycles. The molecular weight excluding hydrogens is 480 g/mol. The Balaban J connectivity index is 1.81. The van der Waals surface area contributed by atoms with E-state index in [9.17, 15) is 19.2 Å². The number of aliphatic carboxylic acids is 1. The van der Waals surface area contributed by atoms with Gasteiger partial charge < -0.3 is 9.84 Å². The lowest BCUT2D eigenvalue weighted by Gasteiger charge is -2.25. The van der Waals surface area contributed by atoms with E-state index in [1.807, 2.05) is 88.4 Å². The first-order chi connectivity index (χ1) is 17.8. The Morgan fingerprint density at radius 1 is 0.711 bits per heavy atom. The average Bonchev–Trinajstić information content (AvgIpc) is 2.85. The summed E-state index contributed by atoms with van der Waals surface area (Å²) in [5.41, 5.74) is 1.14. The normalized spacial score (nSPS) is 12.5. The van der Waals surface area contributed by atoms with E-state index in [-0.39, 0.29) is 49.6 Å². The van der Waals surface area contributed by atoms with Crippen molar-refractivity contribution in [3.8, 4) is 0 Å². The summed E-state index contributed by atoms with van der Waals surface area (Å²) in [7, 11) is 0. The van der Waals surface area contributed by atoms with E-state index >= 15 is 0 Å². The fourth-order valence-electron chi connectivity index (χ4n) is 4.39. The van der Waals surface area contributed by atoms with E-state index < -0.39 is 22.9 Å². The Bertz CT molecular complexity index is 1060. The van der Waals surface area contributed by atoms with Gasteiger partial charge in [0.15, 0.2) is 0 Å². The highest BCUT2D eigenvalue weighted by atomic mass is 16.5. The third-order valence-electron chi connectivity index (χ3n) is 6.81. The van der Waals surface area contributed by atoms with Gasteiger partial charge in [0, 0.05) is 32.1 Å². The number of rotatable bonds is 17. The van der Waals surface area contributed by atoms with Crippen LogP contribution in [0.3, 0.4) is 0 Å². The molecule has 0 amide bonds. The van der Waals surface area contributed by atoms with Gasteiger partial charge in [-0.2, -0.15) is 0 Å². The fraction of sp³-hybridized carbons (Fsp3) is 0.500. The average molecular weight is 523 g/mol. The molecule has 2 aromatic carbocycles. The van der Waals surface area contributed by atoms with Crippen LogP contribution in [0.5, 0.6) is 0 Å². The molecule has 0 heterocycles. The number of carboxylic acids is 1. The molecule has 2 rings (SSSR count). The van der Waals surface area contributed by atoms with Gasteiger partial charge in [-0.05, 0) is 34.8 Å². The van der Waals surface area contributed by atoms with E-state index in [2.05, 4.69) is 0 Å². The highest BCUT2D eigenvalue weighted by Gasteiger charge is 2.27. The predicted octanol–water partition coefficient (Wildman–Crippen LogP) is 6.91. The highest BCUT2D eigenvalue weighted by molar-refractivity contribution is 5.86. The molecule has 0 radical (unpaired) electrons. The number of benzene rings is 2. The standard InChI is InChI=1S/C32H42O6/c1-31(2,22-29(35)36)19-17-26(33)15-16-27(34)18-20-32(3,4)23-30(37)38-28(25-13-9-6-10-14-25)21-24-11-7-5-8-12-24/h5-14,28H,15-23H2,1-4H3,(H,35,36). The third kappa shape index (κ3) is 12.3. The van der Waals surface area contributed by atoms with E-state index in [1.165, 1.54) is 0 Å². The molecule has 1 unspecified atom stereocenters. The number of hydrogen-bond acceptors (Lipinski definition) is 5. The summed E-state index contributed by atoms with van der Waals surface area (Å²) in [5, 5.41) is 8.97. The zero-order chi connectivity index (χ0) is 28.2. The largest absolute Gasteiger partial charge is 0.481 e. The minimum atomic E-state index is -0.879. The van der Waals surface area contributed by atoms with Crippen molar-refractivity contribution in [2.75, 3.05) is 0 Å². The van der Waals surface area contributed by atoms with Crippen molar-refractivity contribution < 1.29 is 29.0 Å². The van der Waals surface area contributed by atoms with Crippen LogP contribution in [0.1, 0.15) is 96.3 Å². The Hall–Kier alpha value is -3.28.